The van der Waals surface area contributed by atoms with Crippen molar-refractivity contribution < 1.29 is 14.6 Å². The number of ether oxygens (including phenoxy) is 1. The summed E-state index contributed by atoms with van der Waals surface area (Å²) >= 11 is 1.42. The monoisotopic (exact) mass is 564 g/mol. The average molecular weight is 565 g/mol. The lowest BCUT2D eigenvalue weighted by molar-refractivity contribution is -0.118. The van der Waals surface area contributed by atoms with Crippen molar-refractivity contribution in [1.29, 1.82) is 0 Å². The SMILES string of the molecule is CCC(C)(CC)O[C@H]1CN(CC(=O)Nc2ccc(Sc3nc(Nc4cc(C)[nH]n4)c4cccn4n3)cc2)C[C@@H]1O. The number of nitrogens with zero attached hydrogens (tertiary/aromatic N) is 5. The fourth-order valence-electron chi connectivity index (χ4n) is 4.63. The van der Waals surface area contributed by atoms with Gasteiger partial charge < -0.3 is 20.5 Å². The van der Waals surface area contributed by atoms with Gasteiger partial charge in [0.25, 0.3) is 0 Å². The number of anilines is 3. The Morgan fingerprint density at radius 2 is 2.00 bits per heavy atom. The number of rotatable bonds is 11. The highest BCUT2D eigenvalue weighted by molar-refractivity contribution is 7.99. The maximum atomic E-state index is 12.7. The number of aliphatic hydroxyl groups excluding tert-OH is 1. The van der Waals surface area contributed by atoms with Gasteiger partial charge in [0.2, 0.25) is 11.1 Å². The summed E-state index contributed by atoms with van der Waals surface area (Å²) in [6.07, 6.45) is 2.73. The molecule has 0 unspecified atom stereocenters. The van der Waals surface area contributed by atoms with Gasteiger partial charge in [0, 0.05) is 41.6 Å². The molecule has 0 radical (unpaired) electrons. The number of nitrogens with one attached hydrogen (secondary N) is 3. The van der Waals surface area contributed by atoms with Gasteiger partial charge in [-0.15, -0.1) is 5.10 Å². The Labute approximate surface area is 237 Å². The lowest BCUT2D eigenvalue weighted by atomic mass is 9.99. The number of carbonyl (C=O) groups is 1. The van der Waals surface area contributed by atoms with Crippen molar-refractivity contribution in [3.63, 3.8) is 0 Å². The highest BCUT2D eigenvalue weighted by Crippen LogP contribution is 2.29. The Kier molecular flexibility index (Phi) is 8.40. The Morgan fingerprint density at radius 1 is 1.23 bits per heavy atom. The van der Waals surface area contributed by atoms with E-state index in [0.717, 1.165) is 28.9 Å². The zero-order valence-electron chi connectivity index (χ0n) is 23.2. The van der Waals surface area contributed by atoms with Crippen LogP contribution in [0.3, 0.4) is 0 Å². The Bertz CT molecular complexity index is 1450. The van der Waals surface area contributed by atoms with Crippen molar-refractivity contribution in [2.24, 2.45) is 0 Å². The molecule has 3 aromatic heterocycles. The predicted molar refractivity (Wildman–Crippen MR) is 155 cm³/mol. The Balaban J connectivity index is 1.18. The first-order valence-electron chi connectivity index (χ1n) is 13.5. The summed E-state index contributed by atoms with van der Waals surface area (Å²) < 4.78 is 7.99. The van der Waals surface area contributed by atoms with E-state index in [1.54, 1.807) is 4.52 Å². The third-order valence-electron chi connectivity index (χ3n) is 7.28. The fourth-order valence-corrected chi connectivity index (χ4v) is 5.38. The largest absolute Gasteiger partial charge is 0.389 e. The van der Waals surface area contributed by atoms with E-state index in [1.807, 2.05) is 60.5 Å². The van der Waals surface area contributed by atoms with Crippen molar-refractivity contribution in [2.75, 3.05) is 30.3 Å². The second-order valence-electron chi connectivity index (χ2n) is 10.4. The first kappa shape index (κ1) is 28.1. The van der Waals surface area contributed by atoms with Gasteiger partial charge in [-0.25, -0.2) is 9.50 Å². The highest BCUT2D eigenvalue weighted by atomic mass is 32.2. The van der Waals surface area contributed by atoms with Gasteiger partial charge in [-0.05, 0) is 74.8 Å². The molecule has 4 N–H and O–H groups in total. The van der Waals surface area contributed by atoms with Crippen LogP contribution in [0.1, 0.15) is 39.3 Å². The van der Waals surface area contributed by atoms with Gasteiger partial charge in [0.1, 0.15) is 5.52 Å². The molecule has 40 heavy (non-hydrogen) atoms. The summed E-state index contributed by atoms with van der Waals surface area (Å²) in [5.41, 5.74) is 2.23. The van der Waals surface area contributed by atoms with E-state index in [2.05, 4.69) is 46.7 Å². The number of hydrogen-bond donors (Lipinski definition) is 4. The second-order valence-corrected chi connectivity index (χ2v) is 11.4. The molecule has 0 aliphatic carbocycles. The Hall–Kier alpha value is -3.45. The smallest absolute Gasteiger partial charge is 0.238 e. The lowest BCUT2D eigenvalue weighted by Crippen LogP contribution is -2.38. The molecule has 4 aromatic rings. The summed E-state index contributed by atoms with van der Waals surface area (Å²) in [4.78, 5) is 20.3. The molecule has 11 nitrogen and oxygen atoms in total. The number of aromatic amines is 1. The molecule has 0 bridgehead atoms. The third-order valence-corrected chi connectivity index (χ3v) is 8.15. The summed E-state index contributed by atoms with van der Waals surface area (Å²) in [5, 5.41) is 29.0. The van der Waals surface area contributed by atoms with Crippen LogP contribution >= 0.6 is 11.8 Å². The molecule has 0 spiro atoms. The quantitative estimate of drug-likeness (QED) is 0.211. The van der Waals surface area contributed by atoms with Gasteiger partial charge in [-0.2, -0.15) is 5.10 Å². The number of benzene rings is 1. The van der Waals surface area contributed by atoms with E-state index in [4.69, 9.17) is 9.72 Å². The van der Waals surface area contributed by atoms with E-state index in [-0.39, 0.29) is 24.2 Å². The van der Waals surface area contributed by atoms with E-state index in [1.165, 1.54) is 11.8 Å². The molecule has 12 heteroatoms. The van der Waals surface area contributed by atoms with Crippen molar-refractivity contribution in [3.05, 3.63) is 54.4 Å². The lowest BCUT2D eigenvalue weighted by Gasteiger charge is -2.32. The molecule has 5 rings (SSSR count). The van der Waals surface area contributed by atoms with Crippen LogP contribution in [0.5, 0.6) is 0 Å². The Morgan fingerprint density at radius 3 is 2.70 bits per heavy atom. The van der Waals surface area contributed by atoms with Crippen molar-refractivity contribution in [1.82, 2.24) is 29.7 Å². The number of β-amino-alcohol motifs (C(OH)–C–C–N with tert-alkyl or cyclic N) is 1. The zero-order chi connectivity index (χ0) is 28.3. The van der Waals surface area contributed by atoms with Crippen LogP contribution in [0.25, 0.3) is 5.52 Å². The average Bonchev–Trinajstić information content (AvgIpc) is 3.65. The topological polar surface area (TPSA) is 133 Å². The van der Waals surface area contributed by atoms with Crippen molar-refractivity contribution in [3.8, 4) is 0 Å². The highest BCUT2D eigenvalue weighted by Gasteiger charge is 2.37. The number of aliphatic hydroxyl groups is 1. The molecule has 2 atom stereocenters. The number of likely N-dealkylation sites (tertiary alicyclic amines) is 1. The van der Waals surface area contributed by atoms with Crippen LogP contribution in [0.4, 0.5) is 17.3 Å². The third kappa shape index (κ3) is 6.64. The van der Waals surface area contributed by atoms with Gasteiger partial charge in [-0.3, -0.25) is 14.8 Å². The molecular weight excluding hydrogens is 528 g/mol. The van der Waals surface area contributed by atoms with Gasteiger partial charge in [0.15, 0.2) is 11.6 Å². The summed E-state index contributed by atoms with van der Waals surface area (Å²) in [6, 6.07) is 13.3. The zero-order valence-corrected chi connectivity index (χ0v) is 24.0. The number of aryl methyl sites for hydroxylation is 1. The van der Waals surface area contributed by atoms with Crippen LogP contribution < -0.4 is 10.6 Å². The second kappa shape index (κ2) is 12.0. The number of H-pyrrole nitrogens is 1. The van der Waals surface area contributed by atoms with Gasteiger partial charge in [0.05, 0.1) is 24.4 Å². The van der Waals surface area contributed by atoms with Crippen LogP contribution in [0, 0.1) is 6.92 Å². The normalized spacial score (nSPS) is 17.9. The molecular formula is C28H36N8O3S. The standard InChI is InChI=1S/C28H36N8O3S/c1-5-28(4,6-2)39-23-16-35(15-22(23)37)17-25(38)29-19-9-11-20(12-10-19)40-27-31-26(21-8-7-13-36(21)34-27)30-24-14-18(3)32-33-24/h7-14,22-23,37H,5-6,15-17H2,1-4H3,(H,29,38)(H2,30,31,32,33,34)/t22-,23-/m0/s1. The summed E-state index contributed by atoms with van der Waals surface area (Å²) in [6.45, 7) is 9.33. The van der Waals surface area contributed by atoms with E-state index >= 15 is 0 Å². The van der Waals surface area contributed by atoms with E-state index in [0.29, 0.717) is 35.6 Å². The van der Waals surface area contributed by atoms with Crippen molar-refractivity contribution >= 4 is 40.5 Å². The molecule has 1 aromatic carbocycles. The minimum absolute atomic E-state index is 0.132. The number of hydrogen-bond acceptors (Lipinski definition) is 9. The number of carbonyl (C=O) groups excluding carboxylic acids is 1. The molecule has 1 aliphatic heterocycles. The van der Waals surface area contributed by atoms with Crippen LogP contribution in [-0.4, -0.2) is 78.2 Å². The molecule has 1 fully saturated rings. The number of fused-ring (bicyclic) bond motifs is 1. The molecule has 1 aliphatic rings. The molecule has 4 heterocycles. The predicted octanol–water partition coefficient (Wildman–Crippen LogP) is 4.23. The summed E-state index contributed by atoms with van der Waals surface area (Å²) in [7, 11) is 0. The number of aromatic nitrogens is 5. The molecule has 212 valence electrons. The minimum Gasteiger partial charge on any atom is -0.389 e. The minimum atomic E-state index is -0.603. The summed E-state index contributed by atoms with van der Waals surface area (Å²) in [5.74, 6) is 1.21. The maximum absolute atomic E-state index is 12.7. The first-order chi connectivity index (χ1) is 19.2. The van der Waals surface area contributed by atoms with Crippen molar-refractivity contribution in [2.45, 2.75) is 68.4 Å². The van der Waals surface area contributed by atoms with Crippen LogP contribution in [0.2, 0.25) is 0 Å². The molecule has 1 amide bonds. The van der Waals surface area contributed by atoms with Gasteiger partial charge in [-0.1, -0.05) is 13.8 Å². The van der Waals surface area contributed by atoms with E-state index in [9.17, 15) is 9.90 Å². The molecule has 1 saturated heterocycles. The number of amides is 1. The van der Waals surface area contributed by atoms with Crippen LogP contribution in [-0.2, 0) is 9.53 Å². The fraction of sp³-hybridized carbons (Fsp3) is 0.429. The molecule has 0 saturated carbocycles. The van der Waals surface area contributed by atoms with Crippen LogP contribution in [0.15, 0.2) is 58.7 Å². The van der Waals surface area contributed by atoms with E-state index < -0.39 is 6.10 Å². The first-order valence-corrected chi connectivity index (χ1v) is 14.4. The van der Waals surface area contributed by atoms with Gasteiger partial charge >= 0.3 is 0 Å². The maximum Gasteiger partial charge on any atom is 0.238 e.